The number of hydrogen-bond donors (Lipinski definition) is 2. The van der Waals surface area contributed by atoms with Gasteiger partial charge < -0.3 is 15.4 Å². The van der Waals surface area contributed by atoms with E-state index < -0.39 is 23.7 Å². The number of methoxy groups -OCH3 is 1. The Labute approximate surface area is 131 Å². The first-order valence-electron chi connectivity index (χ1n) is 6.75. The normalized spacial score (nSPS) is 13.9. The molecular weight excluding hydrogens is 315 g/mol. The second-order valence-corrected chi connectivity index (χ2v) is 4.94. The molecule has 1 rings (SSSR count). The summed E-state index contributed by atoms with van der Waals surface area (Å²) in [6, 6.07) is 2.98. The summed E-state index contributed by atoms with van der Waals surface area (Å²) in [6.07, 6.45) is -5.39. The highest BCUT2D eigenvalue weighted by molar-refractivity contribution is 5.91. The van der Waals surface area contributed by atoms with Gasteiger partial charge in [0.15, 0.2) is 0 Å². The zero-order chi connectivity index (χ0) is 17.8. The van der Waals surface area contributed by atoms with Crippen LogP contribution in [0.4, 0.5) is 19.0 Å². The Morgan fingerprint density at radius 3 is 2.30 bits per heavy atom. The van der Waals surface area contributed by atoms with Crippen molar-refractivity contribution >= 4 is 17.7 Å². The Morgan fingerprint density at radius 2 is 1.87 bits per heavy atom. The molecule has 1 atom stereocenters. The van der Waals surface area contributed by atoms with Gasteiger partial charge in [0.2, 0.25) is 5.91 Å². The number of amides is 1. The predicted molar refractivity (Wildman–Crippen MR) is 76.6 cm³/mol. The molecule has 23 heavy (non-hydrogen) atoms. The first-order chi connectivity index (χ1) is 10.6. The van der Waals surface area contributed by atoms with Crippen LogP contribution in [0.2, 0.25) is 0 Å². The SMILES string of the molecule is CCC(=O)N[C@@](Nc1cc(C)cc(C)n1)(C(=O)OC)C(F)(F)F. The van der Waals surface area contributed by atoms with Gasteiger partial charge >= 0.3 is 17.8 Å². The topological polar surface area (TPSA) is 80.3 Å². The van der Waals surface area contributed by atoms with Crippen molar-refractivity contribution < 1.29 is 27.5 Å². The molecule has 0 bridgehead atoms. The molecule has 0 unspecified atom stereocenters. The Morgan fingerprint density at radius 1 is 1.26 bits per heavy atom. The average Bonchev–Trinajstić information content (AvgIpc) is 2.43. The molecule has 0 fully saturated rings. The van der Waals surface area contributed by atoms with Crippen molar-refractivity contribution in [2.24, 2.45) is 0 Å². The van der Waals surface area contributed by atoms with E-state index in [0.29, 0.717) is 11.3 Å². The predicted octanol–water partition coefficient (Wildman–Crippen LogP) is 2.07. The van der Waals surface area contributed by atoms with Gasteiger partial charge in [0.25, 0.3) is 0 Å². The van der Waals surface area contributed by atoms with Crippen molar-refractivity contribution in [3.05, 3.63) is 23.4 Å². The summed E-state index contributed by atoms with van der Waals surface area (Å²) in [6.45, 7) is 4.62. The molecule has 0 saturated carbocycles. The number of nitrogens with zero attached hydrogens (tertiary/aromatic N) is 1. The van der Waals surface area contributed by atoms with Crippen LogP contribution in [-0.2, 0) is 14.3 Å². The summed E-state index contributed by atoms with van der Waals surface area (Å²) in [7, 11) is 0.803. The van der Waals surface area contributed by atoms with Crippen molar-refractivity contribution in [1.82, 2.24) is 10.3 Å². The van der Waals surface area contributed by atoms with Gasteiger partial charge in [-0.15, -0.1) is 0 Å². The molecule has 0 saturated heterocycles. The minimum atomic E-state index is -5.15. The van der Waals surface area contributed by atoms with E-state index in [1.165, 1.54) is 13.0 Å². The molecule has 0 spiro atoms. The second kappa shape index (κ2) is 6.84. The monoisotopic (exact) mass is 333 g/mol. The molecule has 2 N–H and O–H groups in total. The van der Waals surface area contributed by atoms with Crippen LogP contribution in [0.1, 0.15) is 24.6 Å². The fourth-order valence-corrected chi connectivity index (χ4v) is 1.94. The lowest BCUT2D eigenvalue weighted by molar-refractivity contribution is -0.206. The minimum Gasteiger partial charge on any atom is -0.466 e. The number of anilines is 1. The Kier molecular flexibility index (Phi) is 5.57. The number of nitrogens with one attached hydrogen (secondary N) is 2. The Hall–Kier alpha value is -2.32. The molecule has 0 radical (unpaired) electrons. The molecule has 1 heterocycles. The van der Waals surface area contributed by atoms with E-state index in [9.17, 15) is 22.8 Å². The van der Waals surface area contributed by atoms with Gasteiger partial charge in [0.1, 0.15) is 5.82 Å². The molecule has 128 valence electrons. The summed E-state index contributed by atoms with van der Waals surface area (Å²) in [5, 5.41) is 3.66. The van der Waals surface area contributed by atoms with Crippen molar-refractivity contribution in [3.63, 3.8) is 0 Å². The second-order valence-electron chi connectivity index (χ2n) is 4.94. The van der Waals surface area contributed by atoms with E-state index in [4.69, 9.17) is 0 Å². The van der Waals surface area contributed by atoms with Crippen molar-refractivity contribution in [2.45, 2.75) is 39.0 Å². The van der Waals surface area contributed by atoms with Gasteiger partial charge in [0, 0.05) is 12.1 Å². The number of halogens is 3. The van der Waals surface area contributed by atoms with Crippen molar-refractivity contribution in [3.8, 4) is 0 Å². The van der Waals surface area contributed by atoms with E-state index in [-0.39, 0.29) is 12.2 Å². The molecule has 0 aromatic carbocycles. The first-order valence-corrected chi connectivity index (χ1v) is 6.75. The fourth-order valence-electron chi connectivity index (χ4n) is 1.94. The Bertz CT molecular complexity index is 584. The number of carbonyl (C=O) groups excluding carboxylic acids is 2. The van der Waals surface area contributed by atoms with Gasteiger partial charge in [-0.1, -0.05) is 6.92 Å². The van der Waals surface area contributed by atoms with Crippen LogP contribution in [-0.4, -0.2) is 35.8 Å². The number of alkyl halides is 3. The zero-order valence-corrected chi connectivity index (χ0v) is 13.2. The van der Waals surface area contributed by atoms with Gasteiger partial charge in [-0.05, 0) is 31.5 Å². The Balaban J connectivity index is 3.41. The van der Waals surface area contributed by atoms with Crippen LogP contribution in [0.5, 0.6) is 0 Å². The van der Waals surface area contributed by atoms with Crippen LogP contribution >= 0.6 is 0 Å². The third-order valence-corrected chi connectivity index (χ3v) is 2.98. The molecule has 0 aliphatic carbocycles. The number of rotatable bonds is 5. The maximum Gasteiger partial charge on any atom is 0.441 e. The van der Waals surface area contributed by atoms with E-state index in [1.807, 2.05) is 5.32 Å². The average molecular weight is 333 g/mol. The largest absolute Gasteiger partial charge is 0.466 e. The molecule has 9 heteroatoms. The summed E-state index contributed by atoms with van der Waals surface area (Å²) in [5.74, 6) is -2.86. The maximum absolute atomic E-state index is 13.6. The summed E-state index contributed by atoms with van der Waals surface area (Å²) >= 11 is 0. The molecule has 6 nitrogen and oxygen atoms in total. The number of hydrogen-bond acceptors (Lipinski definition) is 5. The minimum absolute atomic E-state index is 0.207. The highest BCUT2D eigenvalue weighted by atomic mass is 19.4. The van der Waals surface area contributed by atoms with E-state index in [1.54, 1.807) is 25.2 Å². The van der Waals surface area contributed by atoms with Crippen molar-refractivity contribution in [1.29, 1.82) is 0 Å². The molecule has 1 aromatic heterocycles. The fraction of sp³-hybridized carbons (Fsp3) is 0.500. The van der Waals surface area contributed by atoms with E-state index >= 15 is 0 Å². The maximum atomic E-state index is 13.6. The summed E-state index contributed by atoms with van der Waals surface area (Å²) in [4.78, 5) is 27.3. The zero-order valence-electron chi connectivity index (χ0n) is 13.2. The smallest absolute Gasteiger partial charge is 0.441 e. The van der Waals surface area contributed by atoms with E-state index in [2.05, 4.69) is 9.72 Å². The lowest BCUT2D eigenvalue weighted by atomic mass is 10.1. The van der Waals surface area contributed by atoms with Gasteiger partial charge in [-0.3, -0.25) is 4.79 Å². The van der Waals surface area contributed by atoms with Crippen LogP contribution in [0.25, 0.3) is 0 Å². The number of pyridine rings is 1. The van der Waals surface area contributed by atoms with Crippen LogP contribution in [0.15, 0.2) is 12.1 Å². The highest BCUT2D eigenvalue weighted by Crippen LogP contribution is 2.33. The van der Waals surface area contributed by atoms with Gasteiger partial charge in [-0.2, -0.15) is 13.2 Å². The molecular formula is C14H18F3N3O3. The van der Waals surface area contributed by atoms with Crippen LogP contribution in [0.3, 0.4) is 0 Å². The highest BCUT2D eigenvalue weighted by Gasteiger charge is 2.63. The van der Waals surface area contributed by atoms with E-state index in [0.717, 1.165) is 7.11 Å². The number of esters is 1. The summed E-state index contributed by atoms with van der Waals surface area (Å²) < 4.78 is 45.0. The standard InChI is InChI=1S/C14H18F3N3O3/c1-5-11(21)20-13(12(22)23-4,14(15,16)17)19-10-7-8(2)6-9(3)18-10/h6-7H,5H2,1-4H3,(H,18,19)(H,20,21)/t13-/m0/s1. The third kappa shape index (κ3) is 4.11. The van der Waals surface area contributed by atoms with Gasteiger partial charge in [-0.25, -0.2) is 9.78 Å². The lowest BCUT2D eigenvalue weighted by Gasteiger charge is -2.34. The molecule has 0 aliphatic rings. The number of carbonyl (C=O) groups is 2. The van der Waals surface area contributed by atoms with Crippen LogP contribution < -0.4 is 10.6 Å². The number of ether oxygens (including phenoxy) is 1. The molecule has 1 amide bonds. The number of aryl methyl sites for hydroxylation is 2. The first kappa shape index (κ1) is 18.7. The molecule has 1 aromatic rings. The van der Waals surface area contributed by atoms with Crippen molar-refractivity contribution in [2.75, 3.05) is 12.4 Å². The number of aromatic nitrogens is 1. The third-order valence-electron chi connectivity index (χ3n) is 2.98. The van der Waals surface area contributed by atoms with Crippen LogP contribution in [0, 0.1) is 13.8 Å². The quantitative estimate of drug-likeness (QED) is 0.637. The molecule has 0 aliphatic heterocycles. The summed E-state index contributed by atoms with van der Waals surface area (Å²) in [5.41, 5.74) is -2.32. The van der Waals surface area contributed by atoms with Gasteiger partial charge in [0.05, 0.1) is 7.11 Å². The lowest BCUT2D eigenvalue weighted by Crippen LogP contribution is -2.69.